The van der Waals surface area contributed by atoms with E-state index < -0.39 is 30.0 Å². The van der Waals surface area contributed by atoms with Crippen molar-refractivity contribution in [2.75, 3.05) is 19.7 Å². The number of nitrogens with one attached hydrogen (secondary N) is 1. The maximum Gasteiger partial charge on any atom is 0.345 e. The highest BCUT2D eigenvalue weighted by Gasteiger charge is 2.38. The van der Waals surface area contributed by atoms with E-state index >= 15 is 0 Å². The number of amides is 2. The van der Waals surface area contributed by atoms with Crippen molar-refractivity contribution in [2.24, 2.45) is 5.92 Å². The van der Waals surface area contributed by atoms with E-state index in [1.807, 2.05) is 19.3 Å². The molecule has 2 aliphatic heterocycles. The van der Waals surface area contributed by atoms with Gasteiger partial charge in [0.2, 0.25) is 0 Å². The lowest BCUT2D eigenvalue weighted by Crippen LogP contribution is -2.58. The van der Waals surface area contributed by atoms with E-state index in [9.17, 15) is 23.6 Å². The molecular formula is C26H27ClFN3O6. The third-order valence-electron chi connectivity index (χ3n) is 6.57. The van der Waals surface area contributed by atoms with Crippen molar-refractivity contribution in [1.82, 2.24) is 15.3 Å². The molecule has 2 aromatic carbocycles. The summed E-state index contributed by atoms with van der Waals surface area (Å²) in [6, 6.07) is 10.7. The Balaban J connectivity index is 1.37. The Morgan fingerprint density at radius 2 is 1.84 bits per heavy atom. The van der Waals surface area contributed by atoms with Gasteiger partial charge >= 0.3 is 5.97 Å². The Hall–Kier alpha value is -3.50. The number of ketones is 1. The lowest BCUT2D eigenvalue weighted by Gasteiger charge is -2.44. The van der Waals surface area contributed by atoms with Gasteiger partial charge in [-0.25, -0.2) is 9.18 Å². The summed E-state index contributed by atoms with van der Waals surface area (Å²) < 4.78 is 18.9. The zero-order valence-electron chi connectivity index (χ0n) is 20.4. The lowest BCUT2D eigenvalue weighted by molar-refractivity contribution is -0.146. The number of hydroxylamine groups is 1. The minimum atomic E-state index is -1.26. The minimum absolute atomic E-state index is 0.0650. The fourth-order valence-corrected chi connectivity index (χ4v) is 4.65. The van der Waals surface area contributed by atoms with E-state index in [1.165, 1.54) is 30.3 Å². The molecule has 2 saturated heterocycles. The summed E-state index contributed by atoms with van der Waals surface area (Å²) in [4.78, 5) is 57.8. The number of Topliss-reactive ketones (excluding diaryl/α,β-unsaturated/α-hetero) is 1. The Morgan fingerprint density at radius 1 is 1.11 bits per heavy atom. The summed E-state index contributed by atoms with van der Waals surface area (Å²) in [6.45, 7) is 5.43. The molecule has 2 aliphatic rings. The van der Waals surface area contributed by atoms with Gasteiger partial charge in [-0.3, -0.25) is 19.3 Å². The summed E-state index contributed by atoms with van der Waals surface area (Å²) in [6.07, 6.45) is -0.417. The Morgan fingerprint density at radius 3 is 2.51 bits per heavy atom. The number of hydrogen-bond donors (Lipinski definition) is 1. The molecule has 4 rings (SSSR count). The molecule has 1 N–H and O–H groups in total. The van der Waals surface area contributed by atoms with E-state index in [0.717, 1.165) is 5.56 Å². The molecule has 9 nitrogen and oxygen atoms in total. The van der Waals surface area contributed by atoms with E-state index in [1.54, 1.807) is 17.0 Å². The normalized spacial score (nSPS) is 21.9. The number of nitrogens with zero attached hydrogens (tertiary/aromatic N) is 2. The van der Waals surface area contributed by atoms with Crippen LogP contribution in [0.25, 0.3) is 0 Å². The molecule has 2 heterocycles. The molecule has 0 spiro atoms. The molecule has 11 heteroatoms. The van der Waals surface area contributed by atoms with Gasteiger partial charge in [-0.2, -0.15) is 5.48 Å². The highest BCUT2D eigenvalue weighted by Crippen LogP contribution is 2.27. The first kappa shape index (κ1) is 26.6. The Labute approximate surface area is 218 Å². The van der Waals surface area contributed by atoms with Crippen LogP contribution < -0.4 is 10.2 Å². The molecule has 37 heavy (non-hydrogen) atoms. The summed E-state index contributed by atoms with van der Waals surface area (Å²) in [5, 5.41) is 0.264. The zero-order chi connectivity index (χ0) is 26.7. The number of piperazine rings is 1. The minimum Gasteiger partial charge on any atom is -0.483 e. The van der Waals surface area contributed by atoms with Crippen molar-refractivity contribution in [1.29, 1.82) is 0 Å². The van der Waals surface area contributed by atoms with Crippen molar-refractivity contribution >= 4 is 35.2 Å². The topological polar surface area (TPSA) is 105 Å². The van der Waals surface area contributed by atoms with Crippen molar-refractivity contribution in [3.8, 4) is 5.75 Å². The third kappa shape index (κ3) is 6.26. The van der Waals surface area contributed by atoms with Crippen LogP contribution in [0.15, 0.2) is 42.5 Å². The van der Waals surface area contributed by atoms with Gasteiger partial charge in [0.15, 0.2) is 12.4 Å². The van der Waals surface area contributed by atoms with Crippen LogP contribution >= 0.6 is 11.6 Å². The van der Waals surface area contributed by atoms with Crippen LogP contribution in [0.5, 0.6) is 5.75 Å². The number of benzene rings is 2. The van der Waals surface area contributed by atoms with Gasteiger partial charge < -0.3 is 14.5 Å². The highest BCUT2D eigenvalue weighted by atomic mass is 35.5. The molecule has 0 bridgehead atoms. The smallest absolute Gasteiger partial charge is 0.345 e. The number of carbonyl (C=O) groups is 4. The summed E-state index contributed by atoms with van der Waals surface area (Å²) in [7, 11) is 0. The zero-order valence-corrected chi connectivity index (χ0v) is 21.2. The maximum atomic E-state index is 13.2. The first-order chi connectivity index (χ1) is 17.6. The van der Waals surface area contributed by atoms with Gasteiger partial charge in [0.05, 0.1) is 5.56 Å². The van der Waals surface area contributed by atoms with Gasteiger partial charge in [0.1, 0.15) is 17.5 Å². The summed E-state index contributed by atoms with van der Waals surface area (Å²) in [5.41, 5.74) is 3.00. The third-order valence-corrected chi connectivity index (χ3v) is 6.81. The second kappa shape index (κ2) is 11.3. The first-order valence-electron chi connectivity index (χ1n) is 11.9. The van der Waals surface area contributed by atoms with Crippen molar-refractivity contribution < 1.29 is 33.1 Å². The van der Waals surface area contributed by atoms with Crippen LogP contribution in [0.4, 0.5) is 4.39 Å². The fraction of sp³-hybridized carbons (Fsp3) is 0.385. The van der Waals surface area contributed by atoms with Crippen molar-refractivity contribution in [3.63, 3.8) is 0 Å². The van der Waals surface area contributed by atoms with Crippen LogP contribution in [-0.4, -0.2) is 65.1 Å². The largest absolute Gasteiger partial charge is 0.483 e. The Kier molecular flexibility index (Phi) is 8.09. The second-order valence-electron chi connectivity index (χ2n) is 9.30. The number of halogens is 2. The van der Waals surface area contributed by atoms with Gasteiger partial charge in [-0.1, -0.05) is 23.7 Å². The number of hydrogen-bond acceptors (Lipinski definition) is 7. The molecule has 0 radical (unpaired) electrons. The van der Waals surface area contributed by atoms with Crippen LogP contribution in [0.2, 0.25) is 5.02 Å². The molecule has 3 atom stereocenters. The van der Waals surface area contributed by atoms with Gasteiger partial charge in [0, 0.05) is 43.2 Å². The molecule has 196 valence electrons. The summed E-state index contributed by atoms with van der Waals surface area (Å²) in [5.74, 6) is -3.72. The molecule has 2 fully saturated rings. The van der Waals surface area contributed by atoms with E-state index in [0.29, 0.717) is 19.6 Å². The fourth-order valence-electron chi connectivity index (χ4n) is 4.48. The standard InChI is InChI=1S/C26H27ClFN3O6/c1-15-12-31(16(2)11-30(15)13-17-3-6-19(28)7-4-17)24(33)14-36-23-8-5-18(27)9-20(23)22(32)10-21-25(34)29-37-26(21)35/h3-9,15-16,21H,10-14H2,1-2H3,(H,29,34). The van der Waals surface area contributed by atoms with Gasteiger partial charge in [-0.05, 0) is 49.7 Å². The van der Waals surface area contributed by atoms with Crippen LogP contribution in [0, 0.1) is 11.7 Å². The second-order valence-corrected chi connectivity index (χ2v) is 9.73. The molecule has 0 aromatic heterocycles. The lowest BCUT2D eigenvalue weighted by atomic mass is 9.97. The predicted octanol–water partition coefficient (Wildman–Crippen LogP) is 2.76. The van der Waals surface area contributed by atoms with Crippen LogP contribution in [0.1, 0.15) is 36.2 Å². The van der Waals surface area contributed by atoms with Crippen LogP contribution in [-0.2, 0) is 25.8 Å². The highest BCUT2D eigenvalue weighted by molar-refractivity contribution is 6.31. The van der Waals surface area contributed by atoms with E-state index in [-0.39, 0.29) is 46.8 Å². The molecule has 2 aromatic rings. The van der Waals surface area contributed by atoms with Gasteiger partial charge in [0.25, 0.3) is 11.8 Å². The van der Waals surface area contributed by atoms with Crippen molar-refractivity contribution in [3.05, 3.63) is 64.4 Å². The quantitative estimate of drug-likeness (QED) is 0.412. The van der Waals surface area contributed by atoms with Crippen LogP contribution in [0.3, 0.4) is 0 Å². The maximum absolute atomic E-state index is 13.2. The first-order valence-corrected chi connectivity index (χ1v) is 12.2. The number of carbonyl (C=O) groups excluding carboxylic acids is 4. The molecule has 0 saturated carbocycles. The SMILES string of the molecule is CC1CN(C(=O)COc2ccc(Cl)cc2C(=O)CC2C(=O)NOC2=O)C(C)CN1Cc1ccc(F)cc1. The Bertz CT molecular complexity index is 1190. The molecule has 0 aliphatic carbocycles. The van der Waals surface area contributed by atoms with E-state index in [4.69, 9.17) is 16.3 Å². The predicted molar refractivity (Wildman–Crippen MR) is 131 cm³/mol. The molecule has 2 amide bonds. The summed E-state index contributed by atoms with van der Waals surface area (Å²) >= 11 is 6.06. The van der Waals surface area contributed by atoms with Crippen molar-refractivity contribution in [2.45, 2.75) is 38.9 Å². The number of ether oxygens (including phenoxy) is 1. The number of rotatable bonds is 8. The molecule has 3 unspecified atom stereocenters. The molecular weight excluding hydrogens is 505 g/mol. The monoisotopic (exact) mass is 531 g/mol. The van der Waals surface area contributed by atoms with Gasteiger partial charge in [-0.15, -0.1) is 0 Å². The average Bonchev–Trinajstić information content (AvgIpc) is 3.18. The average molecular weight is 532 g/mol. The van der Waals surface area contributed by atoms with E-state index in [2.05, 4.69) is 9.74 Å².